The average Bonchev–Trinajstić information content (AvgIpc) is 3.32. The van der Waals surface area contributed by atoms with Crippen LogP contribution in [0.4, 0.5) is 0 Å². The van der Waals surface area contributed by atoms with E-state index in [1.165, 1.54) is 18.4 Å². The molecule has 1 unspecified atom stereocenters. The average molecular weight is 327 g/mol. The van der Waals surface area contributed by atoms with E-state index in [0.29, 0.717) is 18.2 Å². The molecule has 1 aliphatic carbocycles. The number of hydrogen-bond donors (Lipinski definition) is 1. The lowest BCUT2D eigenvalue weighted by Gasteiger charge is -2.22. The first-order valence-corrected chi connectivity index (χ1v) is 8.53. The van der Waals surface area contributed by atoms with Crippen molar-refractivity contribution >= 4 is 5.91 Å². The number of aromatic nitrogens is 1. The normalized spacial score (nSPS) is 15.5. The predicted molar refractivity (Wildman–Crippen MR) is 92.9 cm³/mol. The summed E-state index contributed by atoms with van der Waals surface area (Å²) >= 11 is 0. The molecule has 0 saturated heterocycles. The number of amides is 1. The number of likely N-dealkylation sites (N-methyl/N-ethyl adjacent to an activating group) is 1. The molecule has 5 heteroatoms. The summed E-state index contributed by atoms with van der Waals surface area (Å²) in [6, 6.07) is 12.2. The summed E-state index contributed by atoms with van der Waals surface area (Å²) < 4.78 is 5.27. The lowest BCUT2D eigenvalue weighted by molar-refractivity contribution is -0.120. The fraction of sp³-hybridized carbons (Fsp3) is 0.474. The van der Waals surface area contributed by atoms with Gasteiger partial charge in [0.2, 0.25) is 5.91 Å². The van der Waals surface area contributed by atoms with Crippen LogP contribution in [0.2, 0.25) is 0 Å². The van der Waals surface area contributed by atoms with E-state index in [0.717, 1.165) is 12.2 Å². The Hall–Kier alpha value is -2.14. The molecule has 128 valence electrons. The monoisotopic (exact) mass is 327 g/mol. The second kappa shape index (κ2) is 7.62. The summed E-state index contributed by atoms with van der Waals surface area (Å²) in [7, 11) is 4.09. The molecule has 1 fully saturated rings. The second-order valence-electron chi connectivity index (χ2n) is 6.84. The van der Waals surface area contributed by atoms with E-state index in [2.05, 4.69) is 27.5 Å². The largest absolute Gasteiger partial charge is 0.361 e. The summed E-state index contributed by atoms with van der Waals surface area (Å²) in [4.78, 5) is 14.4. The molecule has 1 aromatic heterocycles. The van der Waals surface area contributed by atoms with Gasteiger partial charge < -0.3 is 14.7 Å². The molecule has 0 bridgehead atoms. The van der Waals surface area contributed by atoms with Crippen LogP contribution in [0.1, 0.15) is 41.7 Å². The molecule has 1 heterocycles. The van der Waals surface area contributed by atoms with Gasteiger partial charge in [0.15, 0.2) is 0 Å². The van der Waals surface area contributed by atoms with E-state index >= 15 is 0 Å². The van der Waals surface area contributed by atoms with Gasteiger partial charge in [-0.3, -0.25) is 4.79 Å². The van der Waals surface area contributed by atoms with Crippen molar-refractivity contribution in [3.05, 3.63) is 53.4 Å². The summed E-state index contributed by atoms with van der Waals surface area (Å²) in [5.41, 5.74) is 2.23. The zero-order valence-corrected chi connectivity index (χ0v) is 14.4. The highest BCUT2D eigenvalue weighted by Crippen LogP contribution is 2.39. The van der Waals surface area contributed by atoms with Gasteiger partial charge in [0.25, 0.3) is 0 Å². The molecule has 0 aliphatic heterocycles. The molecule has 5 nitrogen and oxygen atoms in total. The van der Waals surface area contributed by atoms with Gasteiger partial charge in [-0.2, -0.15) is 0 Å². The van der Waals surface area contributed by atoms with Gasteiger partial charge in [-0.15, -0.1) is 0 Å². The highest BCUT2D eigenvalue weighted by Gasteiger charge is 2.27. The van der Waals surface area contributed by atoms with Crippen LogP contribution in [0.5, 0.6) is 0 Å². The Morgan fingerprint density at radius 1 is 1.33 bits per heavy atom. The molecule has 0 spiro atoms. The highest BCUT2D eigenvalue weighted by atomic mass is 16.5. The molecule has 1 N–H and O–H groups in total. The molecular formula is C19H25N3O2. The van der Waals surface area contributed by atoms with Crippen LogP contribution in [-0.2, 0) is 11.2 Å². The minimum Gasteiger partial charge on any atom is -0.361 e. The van der Waals surface area contributed by atoms with Gasteiger partial charge >= 0.3 is 0 Å². The van der Waals surface area contributed by atoms with Gasteiger partial charge in [0, 0.05) is 31.0 Å². The van der Waals surface area contributed by atoms with Crippen molar-refractivity contribution in [2.45, 2.75) is 31.1 Å². The minimum atomic E-state index is -0.0202. The van der Waals surface area contributed by atoms with Gasteiger partial charge in [-0.05, 0) is 32.5 Å². The molecule has 2 aromatic rings. The van der Waals surface area contributed by atoms with E-state index in [1.807, 2.05) is 38.4 Å². The van der Waals surface area contributed by atoms with Crippen LogP contribution >= 0.6 is 0 Å². The lowest BCUT2D eigenvalue weighted by atomic mass is 9.98. The summed E-state index contributed by atoms with van der Waals surface area (Å²) in [6.45, 7) is 1.50. The molecule has 3 rings (SSSR count). The zero-order valence-electron chi connectivity index (χ0n) is 14.4. The maximum Gasteiger partial charge on any atom is 0.227 e. The Bertz CT molecular complexity index is 662. The molecule has 1 atom stereocenters. The fourth-order valence-electron chi connectivity index (χ4n) is 2.90. The Labute approximate surface area is 143 Å². The van der Waals surface area contributed by atoms with Crippen LogP contribution in [0.15, 0.2) is 40.9 Å². The summed E-state index contributed by atoms with van der Waals surface area (Å²) in [5, 5.41) is 7.09. The fourth-order valence-corrected chi connectivity index (χ4v) is 2.90. The van der Waals surface area contributed by atoms with Crippen molar-refractivity contribution in [2.75, 3.05) is 27.2 Å². The number of nitrogens with one attached hydrogen (secondary N) is 1. The van der Waals surface area contributed by atoms with Crippen LogP contribution in [0.25, 0.3) is 0 Å². The third kappa shape index (κ3) is 4.68. The van der Waals surface area contributed by atoms with Crippen molar-refractivity contribution in [3.8, 4) is 0 Å². The van der Waals surface area contributed by atoms with Crippen LogP contribution in [0, 0.1) is 0 Å². The predicted octanol–water partition coefficient (Wildman–Crippen LogP) is 2.56. The van der Waals surface area contributed by atoms with E-state index < -0.39 is 0 Å². The number of carbonyl (C=O) groups is 1. The smallest absolute Gasteiger partial charge is 0.227 e. The Morgan fingerprint density at radius 3 is 2.75 bits per heavy atom. The van der Waals surface area contributed by atoms with Crippen LogP contribution in [0.3, 0.4) is 0 Å². The molecule has 1 saturated carbocycles. The van der Waals surface area contributed by atoms with Crippen molar-refractivity contribution in [2.24, 2.45) is 0 Å². The van der Waals surface area contributed by atoms with Gasteiger partial charge in [0.05, 0.1) is 12.1 Å². The molecular weight excluding hydrogens is 302 g/mol. The number of carbonyl (C=O) groups excluding carboxylic acids is 1. The van der Waals surface area contributed by atoms with Crippen molar-refractivity contribution in [1.82, 2.24) is 15.4 Å². The number of hydrogen-bond acceptors (Lipinski definition) is 4. The first kappa shape index (κ1) is 16.7. The summed E-state index contributed by atoms with van der Waals surface area (Å²) in [5.74, 6) is 1.45. The first-order valence-electron chi connectivity index (χ1n) is 8.53. The van der Waals surface area contributed by atoms with Gasteiger partial charge in [0.1, 0.15) is 5.76 Å². The van der Waals surface area contributed by atoms with E-state index in [4.69, 9.17) is 4.52 Å². The van der Waals surface area contributed by atoms with Gasteiger partial charge in [-0.1, -0.05) is 35.5 Å². The van der Waals surface area contributed by atoms with Crippen LogP contribution < -0.4 is 5.32 Å². The zero-order chi connectivity index (χ0) is 16.9. The Kier molecular flexibility index (Phi) is 5.30. The maximum atomic E-state index is 12.2. The Morgan fingerprint density at radius 2 is 2.08 bits per heavy atom. The topological polar surface area (TPSA) is 58.4 Å². The maximum absolute atomic E-state index is 12.2. The molecule has 1 aromatic carbocycles. The molecule has 1 amide bonds. The Balaban J connectivity index is 1.53. The quantitative estimate of drug-likeness (QED) is 0.809. The number of benzene rings is 1. The van der Waals surface area contributed by atoms with E-state index in [1.54, 1.807) is 0 Å². The van der Waals surface area contributed by atoms with Crippen molar-refractivity contribution in [3.63, 3.8) is 0 Å². The third-order valence-corrected chi connectivity index (χ3v) is 4.31. The van der Waals surface area contributed by atoms with E-state index in [-0.39, 0.29) is 18.2 Å². The minimum absolute atomic E-state index is 0.0202. The highest BCUT2D eigenvalue weighted by molar-refractivity contribution is 5.78. The van der Waals surface area contributed by atoms with Crippen molar-refractivity contribution < 1.29 is 9.32 Å². The van der Waals surface area contributed by atoms with E-state index in [9.17, 15) is 4.79 Å². The molecule has 0 radical (unpaired) electrons. The second-order valence-corrected chi connectivity index (χ2v) is 6.84. The number of nitrogens with zero attached hydrogens (tertiary/aromatic N) is 2. The first-order chi connectivity index (χ1) is 11.6. The van der Waals surface area contributed by atoms with Crippen molar-refractivity contribution in [1.29, 1.82) is 0 Å². The lowest BCUT2D eigenvalue weighted by Crippen LogP contribution is -2.33. The molecule has 1 aliphatic rings. The third-order valence-electron chi connectivity index (χ3n) is 4.31. The number of rotatable bonds is 8. The summed E-state index contributed by atoms with van der Waals surface area (Å²) in [6.07, 6.45) is 2.62. The molecule has 24 heavy (non-hydrogen) atoms. The standard InChI is InChI=1S/C19H25N3O2/c1-22(2)13-16(14-6-4-3-5-7-14)12-20-19(23)11-17-10-18(21-24-17)15-8-9-15/h3-7,10,15-16H,8-9,11-13H2,1-2H3,(H,20,23). The van der Waals surface area contributed by atoms with Gasteiger partial charge in [-0.25, -0.2) is 0 Å². The van der Waals surface area contributed by atoms with Crippen LogP contribution in [-0.4, -0.2) is 43.1 Å². The SMILES string of the molecule is CN(C)CC(CNC(=O)Cc1cc(C2CC2)no1)c1ccccc1.